The molecule has 0 saturated heterocycles. The lowest BCUT2D eigenvalue weighted by molar-refractivity contribution is 0.0774. The highest BCUT2D eigenvalue weighted by molar-refractivity contribution is 5.99. The first-order valence-corrected chi connectivity index (χ1v) is 8.39. The van der Waals surface area contributed by atoms with E-state index >= 15 is 0 Å². The van der Waals surface area contributed by atoms with Crippen molar-refractivity contribution in [1.29, 1.82) is 0 Å². The number of hydrogen-bond donors (Lipinski definition) is 1. The molecule has 134 valence electrons. The molecule has 26 heavy (non-hydrogen) atoms. The van der Waals surface area contributed by atoms with Crippen molar-refractivity contribution in [3.8, 4) is 17.2 Å². The van der Waals surface area contributed by atoms with Crippen molar-refractivity contribution in [3.05, 3.63) is 53.8 Å². The van der Waals surface area contributed by atoms with E-state index < -0.39 is 0 Å². The third kappa shape index (κ3) is 2.94. The number of benzene rings is 2. The molecule has 0 spiro atoms. The van der Waals surface area contributed by atoms with Gasteiger partial charge in [0, 0.05) is 10.9 Å². The molecule has 2 heterocycles. The summed E-state index contributed by atoms with van der Waals surface area (Å²) in [5.74, 6) is 2.15. The smallest absolute Gasteiger partial charge is 0.287 e. The fourth-order valence-corrected chi connectivity index (χ4v) is 2.99. The maximum absolute atomic E-state index is 12.5. The Bertz CT molecular complexity index is 962. The lowest BCUT2D eigenvalue weighted by Gasteiger charge is -2.26. The Morgan fingerprint density at radius 2 is 2.04 bits per heavy atom. The number of rotatable bonds is 4. The molecular formula is C20H19NO5. The molecule has 4 rings (SSSR count). The van der Waals surface area contributed by atoms with Crippen LogP contribution in [0.25, 0.3) is 11.0 Å². The summed E-state index contributed by atoms with van der Waals surface area (Å²) < 4.78 is 22.5. The van der Waals surface area contributed by atoms with E-state index in [1.807, 2.05) is 37.3 Å². The van der Waals surface area contributed by atoms with Gasteiger partial charge in [-0.2, -0.15) is 0 Å². The van der Waals surface area contributed by atoms with Crippen molar-refractivity contribution in [2.24, 2.45) is 0 Å². The number of nitrogens with one attached hydrogen (secondary N) is 1. The Morgan fingerprint density at radius 3 is 2.85 bits per heavy atom. The number of carbonyl (C=O) groups excluding carboxylic acids is 1. The third-order valence-corrected chi connectivity index (χ3v) is 4.41. The number of furan rings is 1. The van der Waals surface area contributed by atoms with Crippen LogP contribution in [0, 0.1) is 6.92 Å². The topological polar surface area (TPSA) is 69.9 Å². The van der Waals surface area contributed by atoms with E-state index in [1.165, 1.54) is 0 Å². The zero-order chi connectivity index (χ0) is 18.1. The lowest BCUT2D eigenvalue weighted by Crippen LogP contribution is -2.40. The molecule has 0 radical (unpaired) electrons. The minimum atomic E-state index is -0.278. The summed E-state index contributed by atoms with van der Waals surface area (Å²) in [5, 5.41) is 3.72. The van der Waals surface area contributed by atoms with Gasteiger partial charge in [-0.1, -0.05) is 12.1 Å². The van der Waals surface area contributed by atoms with Gasteiger partial charge in [0.2, 0.25) is 0 Å². The molecule has 0 aliphatic carbocycles. The third-order valence-electron chi connectivity index (χ3n) is 4.41. The van der Waals surface area contributed by atoms with E-state index in [4.69, 9.17) is 18.6 Å². The van der Waals surface area contributed by atoms with Crippen LogP contribution in [0.1, 0.15) is 16.1 Å². The SMILES string of the molecule is COc1ccc2oc(C(=O)NCC3COc4ccccc4O3)c(C)c2c1. The maximum Gasteiger partial charge on any atom is 0.287 e. The molecule has 6 nitrogen and oxygen atoms in total. The first kappa shape index (κ1) is 16.3. The van der Waals surface area contributed by atoms with E-state index in [0.29, 0.717) is 30.2 Å². The van der Waals surface area contributed by atoms with Crippen molar-refractivity contribution in [2.45, 2.75) is 13.0 Å². The predicted molar refractivity (Wildman–Crippen MR) is 96.2 cm³/mol. The molecule has 2 aromatic carbocycles. The zero-order valence-electron chi connectivity index (χ0n) is 14.6. The number of amides is 1. The van der Waals surface area contributed by atoms with Gasteiger partial charge in [-0.15, -0.1) is 0 Å². The van der Waals surface area contributed by atoms with E-state index in [0.717, 1.165) is 22.4 Å². The van der Waals surface area contributed by atoms with Crippen LogP contribution in [0.15, 0.2) is 46.9 Å². The Labute approximate surface area is 150 Å². The van der Waals surface area contributed by atoms with Crippen LogP contribution >= 0.6 is 0 Å². The summed E-state index contributed by atoms with van der Waals surface area (Å²) in [7, 11) is 1.61. The largest absolute Gasteiger partial charge is 0.497 e. The van der Waals surface area contributed by atoms with Crippen LogP contribution < -0.4 is 19.5 Å². The van der Waals surface area contributed by atoms with Gasteiger partial charge in [0.15, 0.2) is 17.3 Å². The summed E-state index contributed by atoms with van der Waals surface area (Å²) in [5.41, 5.74) is 1.43. The highest BCUT2D eigenvalue weighted by Gasteiger charge is 2.23. The average Bonchev–Trinajstić information content (AvgIpc) is 3.02. The molecule has 0 fully saturated rings. The van der Waals surface area contributed by atoms with Gasteiger partial charge in [0.05, 0.1) is 13.7 Å². The van der Waals surface area contributed by atoms with E-state index in [1.54, 1.807) is 19.2 Å². The van der Waals surface area contributed by atoms with E-state index in [-0.39, 0.29) is 12.0 Å². The standard InChI is InChI=1S/C20H19NO5/c1-12-15-9-13(23-2)7-8-16(15)26-19(12)20(22)21-10-14-11-24-17-5-3-4-6-18(17)25-14/h3-9,14H,10-11H2,1-2H3,(H,21,22). The molecule has 1 aliphatic heterocycles. The van der Waals surface area contributed by atoms with Gasteiger partial charge in [-0.05, 0) is 37.3 Å². The van der Waals surface area contributed by atoms with Crippen molar-refractivity contribution < 1.29 is 23.4 Å². The highest BCUT2D eigenvalue weighted by Crippen LogP contribution is 2.31. The van der Waals surface area contributed by atoms with E-state index in [2.05, 4.69) is 5.32 Å². The number of hydrogen-bond acceptors (Lipinski definition) is 5. The van der Waals surface area contributed by atoms with Crippen molar-refractivity contribution >= 4 is 16.9 Å². The zero-order valence-corrected chi connectivity index (χ0v) is 14.6. The molecule has 1 aromatic heterocycles. The van der Waals surface area contributed by atoms with Gasteiger partial charge >= 0.3 is 0 Å². The molecule has 1 N–H and O–H groups in total. The molecule has 0 bridgehead atoms. The van der Waals surface area contributed by atoms with Gasteiger partial charge < -0.3 is 23.9 Å². The second-order valence-corrected chi connectivity index (χ2v) is 6.13. The van der Waals surface area contributed by atoms with Crippen molar-refractivity contribution in [3.63, 3.8) is 0 Å². The van der Waals surface area contributed by atoms with Gasteiger partial charge in [-0.25, -0.2) is 0 Å². The maximum atomic E-state index is 12.5. The van der Waals surface area contributed by atoms with Crippen LogP contribution in [-0.4, -0.2) is 32.3 Å². The number of aryl methyl sites for hydroxylation is 1. The summed E-state index contributed by atoms with van der Waals surface area (Å²) >= 11 is 0. The Balaban J connectivity index is 1.46. The van der Waals surface area contributed by atoms with Gasteiger partial charge in [0.25, 0.3) is 5.91 Å². The second kappa shape index (κ2) is 6.63. The lowest BCUT2D eigenvalue weighted by atomic mass is 10.1. The van der Waals surface area contributed by atoms with Gasteiger partial charge in [-0.3, -0.25) is 4.79 Å². The molecule has 1 aliphatic rings. The Kier molecular flexibility index (Phi) is 4.16. The molecule has 6 heteroatoms. The second-order valence-electron chi connectivity index (χ2n) is 6.13. The van der Waals surface area contributed by atoms with Gasteiger partial charge in [0.1, 0.15) is 24.0 Å². The van der Waals surface area contributed by atoms with Crippen molar-refractivity contribution in [1.82, 2.24) is 5.32 Å². The molecule has 3 aromatic rings. The molecular weight excluding hydrogens is 334 g/mol. The quantitative estimate of drug-likeness (QED) is 0.779. The number of methoxy groups -OCH3 is 1. The van der Waals surface area contributed by atoms with Crippen LogP contribution in [-0.2, 0) is 0 Å². The Hall–Kier alpha value is -3.15. The van der Waals surface area contributed by atoms with Crippen LogP contribution in [0.2, 0.25) is 0 Å². The summed E-state index contributed by atoms with van der Waals surface area (Å²) in [6, 6.07) is 12.9. The summed E-state index contributed by atoms with van der Waals surface area (Å²) in [4.78, 5) is 12.5. The highest BCUT2D eigenvalue weighted by atomic mass is 16.6. The van der Waals surface area contributed by atoms with Crippen LogP contribution in [0.3, 0.4) is 0 Å². The molecule has 1 unspecified atom stereocenters. The first-order chi connectivity index (χ1) is 12.7. The minimum absolute atomic E-state index is 0.251. The first-order valence-electron chi connectivity index (χ1n) is 8.39. The average molecular weight is 353 g/mol. The van der Waals surface area contributed by atoms with Crippen LogP contribution in [0.4, 0.5) is 0 Å². The van der Waals surface area contributed by atoms with E-state index in [9.17, 15) is 4.79 Å². The van der Waals surface area contributed by atoms with Crippen LogP contribution in [0.5, 0.6) is 17.2 Å². The number of para-hydroxylation sites is 2. The monoisotopic (exact) mass is 353 g/mol. The van der Waals surface area contributed by atoms with Crippen molar-refractivity contribution in [2.75, 3.05) is 20.3 Å². The summed E-state index contributed by atoms with van der Waals surface area (Å²) in [6.07, 6.45) is -0.251. The normalized spacial score (nSPS) is 15.7. The predicted octanol–water partition coefficient (Wildman–Crippen LogP) is 3.32. The molecule has 1 atom stereocenters. The fraction of sp³-hybridized carbons (Fsp3) is 0.250. The number of ether oxygens (including phenoxy) is 3. The summed E-state index contributed by atoms with van der Waals surface area (Å²) in [6.45, 7) is 2.57. The minimum Gasteiger partial charge on any atom is -0.497 e. The number of carbonyl (C=O) groups is 1. The molecule has 1 amide bonds. The number of fused-ring (bicyclic) bond motifs is 2. The Morgan fingerprint density at radius 1 is 1.23 bits per heavy atom. The molecule has 0 saturated carbocycles. The fourth-order valence-electron chi connectivity index (χ4n) is 2.99.